The highest BCUT2D eigenvalue weighted by Gasteiger charge is 2.21. The lowest BCUT2D eigenvalue weighted by molar-refractivity contribution is 0.120. The third-order valence-electron chi connectivity index (χ3n) is 5.95. The zero-order valence-corrected chi connectivity index (χ0v) is 15.6. The Labute approximate surface area is 157 Å². The number of aliphatic hydroxyl groups excluding tert-OH is 1. The van der Waals surface area contributed by atoms with Crippen LogP contribution in [-0.2, 0) is 12.8 Å². The van der Waals surface area contributed by atoms with Gasteiger partial charge in [0.1, 0.15) is 0 Å². The van der Waals surface area contributed by atoms with Crippen LogP contribution in [0.1, 0.15) is 30.4 Å². The van der Waals surface area contributed by atoms with Crippen molar-refractivity contribution in [2.75, 3.05) is 37.7 Å². The largest absolute Gasteiger partial charge is 0.396 e. The molecule has 4 rings (SSSR count). The minimum atomic E-state index is 0.337. The summed E-state index contributed by atoms with van der Waals surface area (Å²) in [6.45, 7) is 4.75. The van der Waals surface area contributed by atoms with Gasteiger partial charge in [0.25, 0.3) is 0 Å². The third kappa shape index (κ3) is 3.79. The van der Waals surface area contributed by atoms with Crippen LogP contribution in [0.3, 0.4) is 0 Å². The molecule has 1 unspecified atom stereocenters. The van der Waals surface area contributed by atoms with Crippen LogP contribution in [0.4, 0.5) is 11.4 Å². The molecule has 0 radical (unpaired) electrons. The number of rotatable bonds is 5. The molecule has 2 heterocycles. The van der Waals surface area contributed by atoms with Crippen molar-refractivity contribution >= 4 is 11.4 Å². The van der Waals surface area contributed by atoms with Gasteiger partial charge in [0.2, 0.25) is 0 Å². The number of likely N-dealkylation sites (tertiary alicyclic amines) is 1. The molecule has 1 fully saturated rings. The van der Waals surface area contributed by atoms with E-state index in [0.29, 0.717) is 12.5 Å². The Morgan fingerprint density at radius 1 is 0.885 bits per heavy atom. The van der Waals surface area contributed by atoms with E-state index >= 15 is 0 Å². The molecule has 2 aromatic rings. The minimum Gasteiger partial charge on any atom is -0.396 e. The number of benzene rings is 2. The number of piperidine rings is 1. The molecule has 2 aromatic carbocycles. The fraction of sp³-hybridized carbons (Fsp3) is 0.478. The zero-order valence-electron chi connectivity index (χ0n) is 15.6. The summed E-state index contributed by atoms with van der Waals surface area (Å²) in [6, 6.07) is 17.8. The Kier molecular flexibility index (Phi) is 5.57. The Balaban J connectivity index is 1.48. The smallest absolute Gasteiger partial charge is 0.0471 e. The third-order valence-corrected chi connectivity index (χ3v) is 5.95. The number of anilines is 2. The van der Waals surface area contributed by atoms with E-state index in [4.69, 9.17) is 0 Å². The summed E-state index contributed by atoms with van der Waals surface area (Å²) in [5.74, 6) is 0.475. The standard InChI is InChI=1S/C23H30N2O/c26-18-19-7-5-14-24(17-19)15-6-16-25-22-10-3-1-8-20(22)12-13-21-9-2-4-11-23(21)25/h1-4,8-11,19,26H,5-7,12-18H2. The molecule has 0 bridgehead atoms. The molecule has 26 heavy (non-hydrogen) atoms. The SMILES string of the molecule is OCC1CCCN(CCCN2c3ccccc3CCc3ccccc32)C1. The monoisotopic (exact) mass is 350 g/mol. The number of aryl methyl sites for hydroxylation is 2. The molecule has 3 nitrogen and oxygen atoms in total. The fourth-order valence-electron chi connectivity index (χ4n) is 4.57. The van der Waals surface area contributed by atoms with E-state index in [0.717, 1.165) is 38.9 Å². The molecule has 1 atom stereocenters. The maximum atomic E-state index is 9.45. The van der Waals surface area contributed by atoms with Crippen molar-refractivity contribution in [2.24, 2.45) is 5.92 Å². The van der Waals surface area contributed by atoms with Crippen molar-refractivity contribution in [1.82, 2.24) is 4.90 Å². The van der Waals surface area contributed by atoms with E-state index in [1.165, 1.54) is 41.9 Å². The minimum absolute atomic E-state index is 0.337. The van der Waals surface area contributed by atoms with Gasteiger partial charge < -0.3 is 14.9 Å². The quantitative estimate of drug-likeness (QED) is 0.882. The molecule has 0 amide bonds. The van der Waals surface area contributed by atoms with Gasteiger partial charge in [-0.15, -0.1) is 0 Å². The molecule has 0 saturated carbocycles. The molecule has 1 N–H and O–H groups in total. The van der Waals surface area contributed by atoms with Crippen LogP contribution in [0.2, 0.25) is 0 Å². The second kappa shape index (κ2) is 8.24. The Morgan fingerprint density at radius 2 is 1.54 bits per heavy atom. The van der Waals surface area contributed by atoms with E-state index < -0.39 is 0 Å². The van der Waals surface area contributed by atoms with Gasteiger partial charge in [0, 0.05) is 31.1 Å². The van der Waals surface area contributed by atoms with Crippen LogP contribution in [0, 0.1) is 5.92 Å². The number of hydrogen-bond acceptors (Lipinski definition) is 3. The molecule has 1 saturated heterocycles. The lowest BCUT2D eigenvalue weighted by Gasteiger charge is -2.33. The van der Waals surface area contributed by atoms with Crippen molar-refractivity contribution in [3.05, 3.63) is 59.7 Å². The van der Waals surface area contributed by atoms with Crippen molar-refractivity contribution in [2.45, 2.75) is 32.1 Å². The number of nitrogens with zero attached hydrogens (tertiary/aromatic N) is 2. The summed E-state index contributed by atoms with van der Waals surface area (Å²) in [5, 5.41) is 9.45. The maximum absolute atomic E-state index is 9.45. The number of hydrogen-bond donors (Lipinski definition) is 1. The summed E-state index contributed by atoms with van der Waals surface area (Å²) in [4.78, 5) is 5.07. The molecule has 0 aliphatic carbocycles. The van der Waals surface area contributed by atoms with Gasteiger partial charge in [-0.1, -0.05) is 36.4 Å². The summed E-state index contributed by atoms with van der Waals surface area (Å²) < 4.78 is 0. The lowest BCUT2D eigenvalue weighted by atomic mass is 9.99. The predicted molar refractivity (Wildman–Crippen MR) is 108 cm³/mol. The van der Waals surface area contributed by atoms with E-state index in [1.807, 2.05) is 0 Å². The molecular formula is C23H30N2O. The van der Waals surface area contributed by atoms with Crippen LogP contribution in [-0.4, -0.2) is 42.8 Å². The number of para-hydroxylation sites is 2. The van der Waals surface area contributed by atoms with E-state index in [1.54, 1.807) is 0 Å². The average Bonchev–Trinajstić information content (AvgIpc) is 2.86. The molecule has 2 aliphatic rings. The van der Waals surface area contributed by atoms with Crippen LogP contribution < -0.4 is 4.90 Å². The highest BCUT2D eigenvalue weighted by atomic mass is 16.3. The highest BCUT2D eigenvalue weighted by molar-refractivity contribution is 5.71. The van der Waals surface area contributed by atoms with Crippen molar-refractivity contribution < 1.29 is 5.11 Å². The van der Waals surface area contributed by atoms with E-state index in [2.05, 4.69) is 58.3 Å². The van der Waals surface area contributed by atoms with Gasteiger partial charge in [0.05, 0.1) is 0 Å². The van der Waals surface area contributed by atoms with Crippen molar-refractivity contribution in [1.29, 1.82) is 0 Å². The maximum Gasteiger partial charge on any atom is 0.0471 e. The summed E-state index contributed by atoms with van der Waals surface area (Å²) in [5.41, 5.74) is 5.68. The summed E-state index contributed by atoms with van der Waals surface area (Å²) in [6.07, 6.45) is 5.79. The molecule has 138 valence electrons. The van der Waals surface area contributed by atoms with Gasteiger partial charge in [-0.25, -0.2) is 0 Å². The number of fused-ring (bicyclic) bond motifs is 2. The average molecular weight is 351 g/mol. The van der Waals surface area contributed by atoms with Crippen LogP contribution in [0.15, 0.2) is 48.5 Å². The molecule has 2 aliphatic heterocycles. The molecule has 0 aromatic heterocycles. The summed E-state index contributed by atoms with van der Waals surface area (Å²) >= 11 is 0. The fourth-order valence-corrected chi connectivity index (χ4v) is 4.57. The highest BCUT2D eigenvalue weighted by Crippen LogP contribution is 2.35. The zero-order chi connectivity index (χ0) is 17.8. The normalized spacial score (nSPS) is 20.3. The van der Waals surface area contributed by atoms with Crippen molar-refractivity contribution in [3.8, 4) is 0 Å². The first-order valence-corrected chi connectivity index (χ1v) is 10.1. The molecule has 3 heteroatoms. The topological polar surface area (TPSA) is 26.7 Å². The predicted octanol–water partition coefficient (Wildman–Crippen LogP) is 4.02. The van der Waals surface area contributed by atoms with Crippen LogP contribution in [0.5, 0.6) is 0 Å². The first-order chi connectivity index (χ1) is 12.8. The van der Waals surface area contributed by atoms with Gasteiger partial charge in [-0.3, -0.25) is 0 Å². The van der Waals surface area contributed by atoms with Crippen LogP contribution >= 0.6 is 0 Å². The second-order valence-corrected chi connectivity index (χ2v) is 7.75. The van der Waals surface area contributed by atoms with Crippen molar-refractivity contribution in [3.63, 3.8) is 0 Å². The Hall–Kier alpha value is -1.84. The van der Waals surface area contributed by atoms with Gasteiger partial charge >= 0.3 is 0 Å². The lowest BCUT2D eigenvalue weighted by Crippen LogP contribution is -2.38. The van der Waals surface area contributed by atoms with E-state index in [-0.39, 0.29) is 0 Å². The Morgan fingerprint density at radius 3 is 2.19 bits per heavy atom. The van der Waals surface area contributed by atoms with Gasteiger partial charge in [0.15, 0.2) is 0 Å². The molecule has 0 spiro atoms. The van der Waals surface area contributed by atoms with Gasteiger partial charge in [-0.2, -0.15) is 0 Å². The van der Waals surface area contributed by atoms with Gasteiger partial charge in [-0.05, 0) is 74.4 Å². The second-order valence-electron chi connectivity index (χ2n) is 7.75. The molecular weight excluding hydrogens is 320 g/mol. The first kappa shape index (κ1) is 17.6. The van der Waals surface area contributed by atoms with E-state index in [9.17, 15) is 5.11 Å². The summed E-state index contributed by atoms with van der Waals surface area (Å²) in [7, 11) is 0. The van der Waals surface area contributed by atoms with Crippen LogP contribution in [0.25, 0.3) is 0 Å². The number of aliphatic hydroxyl groups is 1. The Bertz CT molecular complexity index is 682. The first-order valence-electron chi connectivity index (χ1n) is 10.1.